The molecule has 176 valence electrons. The molecule has 2 heterocycles. The van der Waals surface area contributed by atoms with E-state index in [4.69, 9.17) is 13.9 Å². The van der Waals surface area contributed by atoms with Gasteiger partial charge in [0.2, 0.25) is 5.89 Å². The predicted octanol–water partition coefficient (Wildman–Crippen LogP) is 5.19. The second-order valence-corrected chi connectivity index (χ2v) is 7.70. The van der Waals surface area contributed by atoms with Crippen molar-refractivity contribution in [1.29, 1.82) is 5.26 Å². The minimum Gasteiger partial charge on any atom is -0.494 e. The lowest BCUT2D eigenvalue weighted by Crippen LogP contribution is -2.07. The van der Waals surface area contributed by atoms with Crippen LogP contribution in [-0.4, -0.2) is 27.3 Å². The lowest BCUT2D eigenvalue weighted by molar-refractivity contribution is -0.140. The summed E-state index contributed by atoms with van der Waals surface area (Å²) in [5, 5.41) is 17.5. The van der Waals surface area contributed by atoms with Crippen molar-refractivity contribution in [1.82, 2.24) is 14.8 Å². The fourth-order valence-corrected chi connectivity index (χ4v) is 3.70. The summed E-state index contributed by atoms with van der Waals surface area (Å²) in [4.78, 5) is 12.6. The van der Waals surface area contributed by atoms with Crippen molar-refractivity contribution in [3.8, 4) is 29.0 Å². The van der Waals surface area contributed by atoms with Gasteiger partial charge in [0.05, 0.1) is 6.61 Å². The average molecular weight is 469 g/mol. The van der Waals surface area contributed by atoms with Gasteiger partial charge in [-0.1, -0.05) is 18.2 Å². The molecule has 0 amide bonds. The van der Waals surface area contributed by atoms with Crippen LogP contribution in [0, 0.1) is 25.2 Å². The van der Waals surface area contributed by atoms with Crippen LogP contribution < -0.4 is 4.74 Å². The van der Waals surface area contributed by atoms with Gasteiger partial charge >= 0.3 is 5.97 Å². The summed E-state index contributed by atoms with van der Waals surface area (Å²) in [5.74, 6) is 0.501. The number of nitrogens with zero attached hydrogens (tertiary/aromatic N) is 4. The molecule has 0 aliphatic heterocycles. The first-order chi connectivity index (χ1) is 17.0. The summed E-state index contributed by atoms with van der Waals surface area (Å²) in [6.45, 7) is 6.20. The average Bonchev–Trinajstić information content (AvgIpc) is 3.46. The summed E-state index contributed by atoms with van der Waals surface area (Å²) < 4.78 is 18.4. The zero-order valence-electron chi connectivity index (χ0n) is 19.7. The van der Waals surface area contributed by atoms with E-state index in [0.717, 1.165) is 34.0 Å². The van der Waals surface area contributed by atoms with E-state index in [1.165, 1.54) is 6.08 Å². The number of aryl methyl sites for hydroxylation is 1. The molecule has 2 aromatic carbocycles. The fraction of sp³-hybridized carbons (Fsp3) is 0.185. The number of aromatic nitrogens is 3. The first-order valence-electron chi connectivity index (χ1n) is 11.1. The molecule has 0 N–H and O–H groups in total. The Morgan fingerprint density at radius 2 is 1.86 bits per heavy atom. The second kappa shape index (κ2) is 10.5. The molecule has 0 atom stereocenters. The quantitative estimate of drug-likeness (QED) is 0.199. The highest BCUT2D eigenvalue weighted by molar-refractivity contribution is 5.98. The van der Waals surface area contributed by atoms with Crippen LogP contribution in [0.1, 0.15) is 29.8 Å². The molecule has 8 nitrogen and oxygen atoms in total. The van der Waals surface area contributed by atoms with Crippen LogP contribution in [0.2, 0.25) is 0 Å². The van der Waals surface area contributed by atoms with E-state index in [2.05, 4.69) is 10.2 Å². The number of nitriles is 1. The van der Waals surface area contributed by atoms with Gasteiger partial charge < -0.3 is 18.5 Å². The third kappa shape index (κ3) is 5.31. The molecule has 0 aliphatic rings. The summed E-state index contributed by atoms with van der Waals surface area (Å²) in [6, 6.07) is 20.9. The van der Waals surface area contributed by atoms with Crippen molar-refractivity contribution in [2.45, 2.75) is 27.4 Å². The molecular weight excluding hydrogens is 444 g/mol. The highest BCUT2D eigenvalue weighted by atomic mass is 16.5. The number of hydrogen-bond acceptors (Lipinski definition) is 7. The minimum atomic E-state index is -0.766. The monoisotopic (exact) mass is 468 g/mol. The van der Waals surface area contributed by atoms with E-state index in [-0.39, 0.29) is 18.1 Å². The fourth-order valence-electron chi connectivity index (χ4n) is 3.70. The maximum Gasteiger partial charge on any atom is 0.349 e. The standard InChI is InChI=1S/C27H24N4O4/c1-4-33-24-12-10-23(11-13-24)31-18(2)14-21(19(31)3)15-22(16-28)27(32)34-17-25-29-30-26(35-25)20-8-6-5-7-9-20/h5-15H,4,17H2,1-3H3. The molecule has 0 unspecified atom stereocenters. The number of carbonyl (C=O) groups is 1. The third-order valence-corrected chi connectivity index (χ3v) is 5.33. The zero-order chi connectivity index (χ0) is 24.8. The van der Waals surface area contributed by atoms with E-state index < -0.39 is 5.97 Å². The van der Waals surface area contributed by atoms with Crippen LogP contribution in [0.3, 0.4) is 0 Å². The Bertz CT molecular complexity index is 1390. The van der Waals surface area contributed by atoms with Gasteiger partial charge in [0.25, 0.3) is 5.89 Å². The Morgan fingerprint density at radius 3 is 2.54 bits per heavy atom. The highest BCUT2D eigenvalue weighted by Gasteiger charge is 2.17. The van der Waals surface area contributed by atoms with Crippen LogP contribution in [0.25, 0.3) is 23.2 Å². The number of rotatable bonds is 8. The molecule has 0 saturated heterocycles. The summed E-state index contributed by atoms with van der Waals surface area (Å²) >= 11 is 0. The Labute approximate surface area is 203 Å². The molecule has 35 heavy (non-hydrogen) atoms. The van der Waals surface area contributed by atoms with Gasteiger partial charge in [-0.25, -0.2) is 4.79 Å². The first kappa shape index (κ1) is 23.5. The van der Waals surface area contributed by atoms with E-state index in [1.807, 2.05) is 92.1 Å². The smallest absolute Gasteiger partial charge is 0.349 e. The van der Waals surface area contributed by atoms with Crippen LogP contribution >= 0.6 is 0 Å². The third-order valence-electron chi connectivity index (χ3n) is 5.33. The zero-order valence-corrected chi connectivity index (χ0v) is 19.7. The van der Waals surface area contributed by atoms with Gasteiger partial charge in [0.1, 0.15) is 17.4 Å². The Kier molecular flexibility index (Phi) is 7.07. The van der Waals surface area contributed by atoms with Gasteiger partial charge in [0.15, 0.2) is 6.61 Å². The van der Waals surface area contributed by atoms with Crippen molar-refractivity contribution >= 4 is 12.0 Å². The van der Waals surface area contributed by atoms with Gasteiger partial charge in [-0.05, 0) is 74.9 Å². The molecule has 0 radical (unpaired) electrons. The molecule has 8 heteroatoms. The Morgan fingerprint density at radius 1 is 1.11 bits per heavy atom. The van der Waals surface area contributed by atoms with E-state index in [9.17, 15) is 10.1 Å². The molecule has 0 fully saturated rings. The minimum absolute atomic E-state index is 0.125. The lowest BCUT2D eigenvalue weighted by atomic mass is 10.1. The molecule has 0 bridgehead atoms. The van der Waals surface area contributed by atoms with Crippen LogP contribution in [0.15, 0.2) is 70.7 Å². The van der Waals surface area contributed by atoms with Crippen molar-refractivity contribution in [2.24, 2.45) is 0 Å². The van der Waals surface area contributed by atoms with Gasteiger partial charge in [0, 0.05) is 22.6 Å². The van der Waals surface area contributed by atoms with E-state index in [0.29, 0.717) is 12.5 Å². The van der Waals surface area contributed by atoms with Crippen LogP contribution in [0.5, 0.6) is 5.75 Å². The lowest BCUT2D eigenvalue weighted by Gasteiger charge is -2.11. The van der Waals surface area contributed by atoms with Crippen molar-refractivity contribution in [2.75, 3.05) is 6.61 Å². The summed E-state index contributed by atoms with van der Waals surface area (Å²) in [5.41, 5.74) is 4.18. The topological polar surface area (TPSA) is 103 Å². The van der Waals surface area contributed by atoms with Crippen molar-refractivity contribution < 1.29 is 18.7 Å². The highest BCUT2D eigenvalue weighted by Crippen LogP contribution is 2.25. The van der Waals surface area contributed by atoms with Crippen LogP contribution in [0.4, 0.5) is 0 Å². The number of carbonyl (C=O) groups excluding carboxylic acids is 1. The van der Waals surface area contributed by atoms with Crippen molar-refractivity contribution in [3.05, 3.63) is 89.1 Å². The maximum absolute atomic E-state index is 12.6. The molecule has 4 rings (SSSR count). The van der Waals surface area contributed by atoms with Gasteiger partial charge in [-0.2, -0.15) is 5.26 Å². The number of hydrogen-bond donors (Lipinski definition) is 0. The Balaban J connectivity index is 1.48. The number of benzene rings is 2. The summed E-state index contributed by atoms with van der Waals surface area (Å²) in [7, 11) is 0. The molecule has 0 aliphatic carbocycles. The first-order valence-corrected chi connectivity index (χ1v) is 11.1. The second-order valence-electron chi connectivity index (χ2n) is 7.70. The molecule has 2 aromatic heterocycles. The molecule has 0 spiro atoms. The predicted molar refractivity (Wildman–Crippen MR) is 130 cm³/mol. The van der Waals surface area contributed by atoms with E-state index >= 15 is 0 Å². The van der Waals surface area contributed by atoms with Gasteiger partial charge in [-0.15, -0.1) is 10.2 Å². The number of esters is 1. The van der Waals surface area contributed by atoms with Crippen molar-refractivity contribution in [3.63, 3.8) is 0 Å². The van der Waals surface area contributed by atoms with Gasteiger partial charge in [-0.3, -0.25) is 0 Å². The molecule has 4 aromatic rings. The summed E-state index contributed by atoms with van der Waals surface area (Å²) in [6.07, 6.45) is 1.53. The maximum atomic E-state index is 12.6. The molecule has 0 saturated carbocycles. The normalized spacial score (nSPS) is 11.2. The Hall–Kier alpha value is -4.64. The van der Waals surface area contributed by atoms with E-state index in [1.54, 1.807) is 0 Å². The largest absolute Gasteiger partial charge is 0.494 e. The number of ether oxygens (including phenoxy) is 2. The molecular formula is C27H24N4O4. The SMILES string of the molecule is CCOc1ccc(-n2c(C)cc(C=C(C#N)C(=O)OCc3nnc(-c4ccccc4)o3)c2C)cc1. The van der Waals surface area contributed by atoms with Crippen LogP contribution in [-0.2, 0) is 16.1 Å².